The summed E-state index contributed by atoms with van der Waals surface area (Å²) in [6, 6.07) is 14.1. The largest absolute Gasteiger partial charge is 0.339 e. The van der Waals surface area contributed by atoms with E-state index in [1.54, 1.807) is 0 Å². The first-order chi connectivity index (χ1) is 16.5. The molecule has 176 valence electrons. The number of nitrogens with two attached hydrogens (primary N) is 1. The van der Waals surface area contributed by atoms with Gasteiger partial charge in [-0.1, -0.05) is 6.07 Å². The van der Waals surface area contributed by atoms with Crippen molar-refractivity contribution in [2.75, 3.05) is 23.8 Å². The fourth-order valence-electron chi connectivity index (χ4n) is 5.00. The molecule has 0 bridgehead atoms. The highest BCUT2D eigenvalue weighted by Gasteiger charge is 2.31. The molecule has 3 heterocycles. The molecule has 1 fully saturated rings. The number of amides is 1. The fourth-order valence-corrected chi connectivity index (χ4v) is 5.00. The Morgan fingerprint density at radius 1 is 1.00 bits per heavy atom. The number of rotatable bonds is 5. The number of nitrogens with one attached hydrogen (secondary N) is 2. The smallest absolute Gasteiger partial charge is 0.253 e. The van der Waals surface area contributed by atoms with Crippen molar-refractivity contribution in [3.05, 3.63) is 76.6 Å². The van der Waals surface area contributed by atoms with E-state index < -0.39 is 0 Å². The summed E-state index contributed by atoms with van der Waals surface area (Å²) in [7, 11) is 0. The summed E-state index contributed by atoms with van der Waals surface area (Å²) in [6.45, 7) is 7.40. The van der Waals surface area contributed by atoms with Crippen LogP contribution < -0.4 is 16.6 Å². The highest BCUT2D eigenvalue weighted by molar-refractivity contribution is 5.94. The Hall–Kier alpha value is -3.49. The average molecular weight is 458 g/mol. The van der Waals surface area contributed by atoms with Gasteiger partial charge < -0.3 is 15.6 Å². The van der Waals surface area contributed by atoms with Gasteiger partial charge in [0.15, 0.2) is 0 Å². The van der Waals surface area contributed by atoms with Crippen LogP contribution in [0.3, 0.4) is 0 Å². The van der Waals surface area contributed by atoms with Crippen LogP contribution in [0, 0.1) is 13.8 Å². The molecule has 0 radical (unpaired) electrons. The van der Waals surface area contributed by atoms with E-state index in [-0.39, 0.29) is 5.91 Å². The second-order valence-corrected chi connectivity index (χ2v) is 9.32. The second kappa shape index (κ2) is 9.40. The second-order valence-electron chi connectivity index (χ2n) is 9.32. The molecular weight excluding hydrogens is 426 g/mol. The molecule has 3 aromatic rings. The van der Waals surface area contributed by atoms with E-state index in [9.17, 15) is 4.79 Å². The minimum atomic E-state index is 0.0831. The van der Waals surface area contributed by atoms with Gasteiger partial charge in [0.2, 0.25) is 5.95 Å². The van der Waals surface area contributed by atoms with Crippen molar-refractivity contribution in [2.45, 2.75) is 45.8 Å². The van der Waals surface area contributed by atoms with Gasteiger partial charge in [0.05, 0.1) is 5.69 Å². The molecule has 2 aliphatic heterocycles. The zero-order chi connectivity index (χ0) is 23.7. The molecule has 34 heavy (non-hydrogen) atoms. The lowest BCUT2D eigenvalue weighted by Gasteiger charge is -2.36. The van der Waals surface area contributed by atoms with Crippen LogP contribution in [0.1, 0.15) is 45.6 Å². The van der Waals surface area contributed by atoms with Crippen LogP contribution in [-0.4, -0.2) is 44.8 Å². The Bertz CT molecular complexity index is 1170. The number of piperidine rings is 1. The summed E-state index contributed by atoms with van der Waals surface area (Å²) in [5.74, 6) is 6.14. The minimum Gasteiger partial charge on any atom is -0.339 e. The summed E-state index contributed by atoms with van der Waals surface area (Å²) >= 11 is 0. The quantitative estimate of drug-likeness (QED) is 0.396. The monoisotopic (exact) mass is 457 g/mol. The van der Waals surface area contributed by atoms with Crippen molar-refractivity contribution in [3.63, 3.8) is 0 Å². The molecule has 4 N–H and O–H groups in total. The van der Waals surface area contributed by atoms with E-state index in [1.165, 1.54) is 16.7 Å². The molecule has 1 aromatic heterocycles. The topological polar surface area (TPSA) is 99.4 Å². The molecule has 2 aliphatic rings. The van der Waals surface area contributed by atoms with Crippen LogP contribution in [0.2, 0.25) is 0 Å². The van der Waals surface area contributed by atoms with Gasteiger partial charge >= 0.3 is 0 Å². The average Bonchev–Trinajstić information content (AvgIpc) is 3.26. The summed E-state index contributed by atoms with van der Waals surface area (Å²) in [5.41, 5.74) is 9.80. The van der Waals surface area contributed by atoms with Crippen molar-refractivity contribution >= 4 is 23.2 Å². The maximum atomic E-state index is 12.9. The molecule has 0 aliphatic carbocycles. The maximum Gasteiger partial charge on any atom is 0.253 e. The molecule has 0 atom stereocenters. The number of fused-ring (bicyclic) bond motifs is 1. The number of carbonyl (C=O) groups is 1. The Labute approximate surface area is 200 Å². The Morgan fingerprint density at radius 3 is 2.38 bits per heavy atom. The number of anilines is 3. The molecule has 0 saturated carbocycles. The van der Waals surface area contributed by atoms with E-state index in [1.807, 2.05) is 35.4 Å². The maximum absolute atomic E-state index is 12.9. The van der Waals surface area contributed by atoms with Crippen molar-refractivity contribution < 1.29 is 4.79 Å². The highest BCUT2D eigenvalue weighted by Crippen LogP contribution is 2.29. The first kappa shape index (κ1) is 22.3. The standard InChI is InChI=1S/C26H31N7O/c1-17-11-18(2)13-22(12-17)29-26-28-14-20-15-33(16-24(20)30-26)23-7-9-32(10-8-23)25(34)19-3-5-21(31-27)6-4-19/h3-6,11-14,23,31H,7-10,15-16,27H2,1-2H3,(H,28,29,30). The number of hydrazine groups is 1. The Balaban J connectivity index is 1.18. The first-order valence-electron chi connectivity index (χ1n) is 11.8. The van der Waals surface area contributed by atoms with Crippen LogP contribution in [0.15, 0.2) is 48.7 Å². The molecule has 1 saturated heterocycles. The number of hydrogen-bond acceptors (Lipinski definition) is 7. The normalized spacial score (nSPS) is 16.4. The SMILES string of the molecule is Cc1cc(C)cc(Nc2ncc3c(n2)CN(C2CCN(C(=O)c4ccc(NN)cc4)CC2)C3)c1. The Kier molecular flexibility index (Phi) is 6.17. The van der Waals surface area contributed by atoms with Crippen molar-refractivity contribution in [1.29, 1.82) is 0 Å². The first-order valence-corrected chi connectivity index (χ1v) is 11.8. The van der Waals surface area contributed by atoms with Crippen LogP contribution >= 0.6 is 0 Å². The summed E-state index contributed by atoms with van der Waals surface area (Å²) in [5, 5.41) is 3.35. The fraction of sp³-hybridized carbons (Fsp3) is 0.346. The van der Waals surface area contributed by atoms with Crippen molar-refractivity contribution in [1.82, 2.24) is 19.8 Å². The molecule has 8 nitrogen and oxygen atoms in total. The molecule has 0 spiro atoms. The van der Waals surface area contributed by atoms with Gasteiger partial charge in [0.1, 0.15) is 0 Å². The van der Waals surface area contributed by atoms with Gasteiger partial charge in [0, 0.05) is 60.9 Å². The number of hydrogen-bond donors (Lipinski definition) is 3. The predicted octanol–water partition coefficient (Wildman–Crippen LogP) is 3.74. The molecule has 8 heteroatoms. The van der Waals surface area contributed by atoms with Crippen LogP contribution in [0.25, 0.3) is 0 Å². The lowest BCUT2D eigenvalue weighted by atomic mass is 10.0. The van der Waals surface area contributed by atoms with Gasteiger partial charge in [-0.2, -0.15) is 0 Å². The summed E-state index contributed by atoms with van der Waals surface area (Å²) in [4.78, 5) is 26.7. The molecule has 2 aromatic carbocycles. The molecule has 5 rings (SSSR count). The zero-order valence-corrected chi connectivity index (χ0v) is 19.7. The lowest BCUT2D eigenvalue weighted by Crippen LogP contribution is -2.45. The highest BCUT2D eigenvalue weighted by atomic mass is 16.2. The number of likely N-dealkylation sites (tertiary alicyclic amines) is 1. The van der Waals surface area contributed by atoms with Crippen molar-refractivity contribution in [2.24, 2.45) is 5.84 Å². The van der Waals surface area contributed by atoms with E-state index in [0.29, 0.717) is 17.6 Å². The van der Waals surface area contributed by atoms with Gasteiger partial charge in [-0.25, -0.2) is 9.97 Å². The van der Waals surface area contributed by atoms with Gasteiger partial charge in [-0.15, -0.1) is 0 Å². The van der Waals surface area contributed by atoms with E-state index in [0.717, 1.165) is 56.1 Å². The number of nitrogen functional groups attached to an aromatic ring is 1. The number of nitrogens with zero attached hydrogens (tertiary/aromatic N) is 4. The molecule has 0 unspecified atom stereocenters. The third kappa shape index (κ3) is 4.73. The summed E-state index contributed by atoms with van der Waals surface area (Å²) < 4.78 is 0. The van der Waals surface area contributed by atoms with Crippen LogP contribution in [0.5, 0.6) is 0 Å². The van der Waals surface area contributed by atoms with Crippen LogP contribution in [0.4, 0.5) is 17.3 Å². The van der Waals surface area contributed by atoms with Gasteiger partial charge in [0.25, 0.3) is 5.91 Å². The number of benzene rings is 2. The zero-order valence-electron chi connectivity index (χ0n) is 19.7. The van der Waals surface area contributed by atoms with Crippen molar-refractivity contribution in [3.8, 4) is 0 Å². The number of aryl methyl sites for hydroxylation is 2. The predicted molar refractivity (Wildman–Crippen MR) is 134 cm³/mol. The molecule has 1 amide bonds. The summed E-state index contributed by atoms with van der Waals surface area (Å²) in [6.07, 6.45) is 3.87. The third-order valence-electron chi connectivity index (χ3n) is 6.72. The lowest BCUT2D eigenvalue weighted by molar-refractivity contribution is 0.0613. The minimum absolute atomic E-state index is 0.0831. The number of aromatic nitrogens is 2. The third-order valence-corrected chi connectivity index (χ3v) is 6.72. The van der Waals surface area contributed by atoms with Crippen LogP contribution in [-0.2, 0) is 13.1 Å². The van der Waals surface area contributed by atoms with Gasteiger partial charge in [-0.05, 0) is 74.2 Å². The molecular formula is C26H31N7O. The van der Waals surface area contributed by atoms with Gasteiger partial charge in [-0.3, -0.25) is 15.5 Å². The van der Waals surface area contributed by atoms with E-state index >= 15 is 0 Å². The van der Waals surface area contributed by atoms with E-state index in [4.69, 9.17) is 10.8 Å². The van der Waals surface area contributed by atoms with E-state index in [2.05, 4.69) is 52.7 Å². The Morgan fingerprint density at radius 2 is 1.71 bits per heavy atom. The number of carbonyl (C=O) groups excluding carboxylic acids is 1.